The zero-order valence-electron chi connectivity index (χ0n) is 41.2. The number of nitrogens with zero attached hydrogens (tertiary/aromatic N) is 10. The van der Waals surface area contributed by atoms with Crippen molar-refractivity contribution in [1.29, 1.82) is 0 Å². The van der Waals surface area contributed by atoms with Gasteiger partial charge in [-0.05, 0) is 113 Å². The minimum absolute atomic E-state index is 0.0770. The number of imidazole rings is 2. The lowest BCUT2D eigenvalue weighted by atomic mass is 10.1. The molecular weight excluding hydrogens is 931 g/mol. The number of piperazine rings is 2. The summed E-state index contributed by atoms with van der Waals surface area (Å²) in [5, 5.41) is 14.8. The zero-order valence-corrected chi connectivity index (χ0v) is 41.2. The molecular formula is C52H66F2N10O8. The number of hydrogen-bond acceptors (Lipinski definition) is 14. The third kappa shape index (κ3) is 16.8. The van der Waals surface area contributed by atoms with Crippen molar-refractivity contribution < 1.29 is 47.6 Å². The number of rotatable bonds is 22. The fraction of sp³-hybridized carbons (Fsp3) is 0.462. The average molecular weight is 997 g/mol. The smallest absolute Gasteiger partial charge is 0.414 e. The van der Waals surface area contributed by atoms with Crippen LogP contribution in [0, 0.1) is 11.6 Å². The molecule has 72 heavy (non-hydrogen) atoms. The predicted octanol–water partition coefficient (Wildman–Crippen LogP) is 5.93. The molecule has 0 atom stereocenters. The summed E-state index contributed by atoms with van der Waals surface area (Å²) in [4.78, 5) is 71.2. The Bertz CT molecular complexity index is 2470. The van der Waals surface area contributed by atoms with E-state index in [1.165, 1.54) is 24.3 Å². The minimum atomic E-state index is -1.82. The van der Waals surface area contributed by atoms with E-state index in [-0.39, 0.29) is 23.2 Å². The number of fused-ring (bicyclic) bond motifs is 2. The fourth-order valence-electron chi connectivity index (χ4n) is 8.55. The van der Waals surface area contributed by atoms with Crippen molar-refractivity contribution in [3.05, 3.63) is 120 Å². The van der Waals surface area contributed by atoms with Gasteiger partial charge in [-0.1, -0.05) is 0 Å². The van der Waals surface area contributed by atoms with E-state index in [1.807, 2.05) is 50.5 Å². The Labute approximate surface area is 418 Å². The first-order valence-corrected chi connectivity index (χ1v) is 24.6. The molecule has 2 N–H and O–H groups in total. The van der Waals surface area contributed by atoms with Gasteiger partial charge < -0.3 is 38.6 Å². The molecule has 386 valence electrons. The predicted molar refractivity (Wildman–Crippen MR) is 267 cm³/mol. The summed E-state index contributed by atoms with van der Waals surface area (Å²) in [6.45, 7) is 19.3. The number of aliphatic carboxylic acids is 2. The van der Waals surface area contributed by atoms with Gasteiger partial charge in [-0.3, -0.25) is 19.4 Å². The van der Waals surface area contributed by atoms with E-state index in [4.69, 9.17) is 39.2 Å². The molecule has 2 aliphatic rings. The zero-order chi connectivity index (χ0) is 51.2. The van der Waals surface area contributed by atoms with Gasteiger partial charge in [-0.15, -0.1) is 0 Å². The summed E-state index contributed by atoms with van der Waals surface area (Å²) in [6, 6.07) is 19.5. The van der Waals surface area contributed by atoms with Crippen molar-refractivity contribution in [2.75, 3.05) is 91.9 Å². The van der Waals surface area contributed by atoms with Crippen LogP contribution >= 0.6 is 0 Å². The van der Waals surface area contributed by atoms with E-state index in [9.17, 15) is 18.4 Å². The van der Waals surface area contributed by atoms with Crippen molar-refractivity contribution in [2.45, 2.75) is 65.7 Å². The molecule has 0 amide bonds. The Kier molecular flexibility index (Phi) is 21.8. The molecule has 18 nitrogen and oxygen atoms in total. The molecule has 6 heterocycles. The van der Waals surface area contributed by atoms with E-state index in [1.54, 1.807) is 24.3 Å². The number of ketones is 2. The van der Waals surface area contributed by atoms with E-state index in [0.717, 1.165) is 138 Å². The summed E-state index contributed by atoms with van der Waals surface area (Å²) in [5.74, 6) is -2.06. The number of aromatic nitrogens is 6. The van der Waals surface area contributed by atoms with Gasteiger partial charge >= 0.3 is 11.9 Å². The van der Waals surface area contributed by atoms with Crippen molar-refractivity contribution in [2.24, 2.45) is 0 Å². The van der Waals surface area contributed by atoms with Crippen LogP contribution in [0.1, 0.15) is 71.9 Å². The molecule has 0 radical (unpaired) electrons. The molecule has 0 spiro atoms. The molecule has 20 heteroatoms. The van der Waals surface area contributed by atoms with Crippen molar-refractivity contribution in [3.8, 4) is 0 Å². The van der Waals surface area contributed by atoms with Crippen LogP contribution in [0.15, 0.2) is 85.2 Å². The Morgan fingerprint density at radius 3 is 1.24 bits per heavy atom. The lowest BCUT2D eigenvalue weighted by Crippen LogP contribution is -2.46. The molecule has 0 saturated carbocycles. The van der Waals surface area contributed by atoms with Crippen LogP contribution < -0.4 is 0 Å². The molecule has 4 aromatic heterocycles. The monoisotopic (exact) mass is 997 g/mol. The molecule has 6 aromatic rings. The highest BCUT2D eigenvalue weighted by Gasteiger charge is 2.22. The second-order valence-electron chi connectivity index (χ2n) is 17.4. The fourth-order valence-corrected chi connectivity index (χ4v) is 8.55. The van der Waals surface area contributed by atoms with Gasteiger partial charge in [-0.2, -0.15) is 0 Å². The Hall–Kier alpha value is -6.42. The van der Waals surface area contributed by atoms with Gasteiger partial charge in [0.1, 0.15) is 34.3 Å². The van der Waals surface area contributed by atoms with Gasteiger partial charge in [0.05, 0.1) is 26.3 Å². The highest BCUT2D eigenvalue weighted by molar-refractivity contribution is 6.27. The van der Waals surface area contributed by atoms with Crippen LogP contribution in [0.3, 0.4) is 0 Å². The number of ether oxygens (including phenoxy) is 2. The number of carboxylic acid groups (broad SMARTS) is 2. The van der Waals surface area contributed by atoms with Crippen molar-refractivity contribution >= 4 is 45.8 Å². The average Bonchev–Trinajstić information content (AvgIpc) is 3.92. The second-order valence-corrected chi connectivity index (χ2v) is 17.4. The highest BCUT2D eigenvalue weighted by Crippen LogP contribution is 2.19. The summed E-state index contributed by atoms with van der Waals surface area (Å²) in [6.07, 6.45) is 6.23. The topological polar surface area (TPSA) is 202 Å². The summed E-state index contributed by atoms with van der Waals surface area (Å²) in [7, 11) is 0. The molecule has 0 bridgehead atoms. The first-order chi connectivity index (χ1) is 34.9. The third-order valence-corrected chi connectivity index (χ3v) is 12.4. The van der Waals surface area contributed by atoms with Crippen LogP contribution in [0.4, 0.5) is 8.78 Å². The number of carbonyl (C=O) groups excluding carboxylic acids is 2. The Balaban J connectivity index is 0.000000211. The van der Waals surface area contributed by atoms with Crippen LogP contribution in [-0.4, -0.2) is 174 Å². The molecule has 2 fully saturated rings. The largest absolute Gasteiger partial charge is 0.473 e. The quantitative estimate of drug-likeness (QED) is 0.0460. The highest BCUT2D eigenvalue weighted by atomic mass is 19.1. The second kappa shape index (κ2) is 28.6. The van der Waals surface area contributed by atoms with E-state index < -0.39 is 11.9 Å². The van der Waals surface area contributed by atoms with Crippen LogP contribution in [0.2, 0.25) is 0 Å². The summed E-state index contributed by atoms with van der Waals surface area (Å²) >= 11 is 0. The van der Waals surface area contributed by atoms with Gasteiger partial charge in [0.25, 0.3) is 0 Å². The van der Waals surface area contributed by atoms with E-state index in [2.05, 4.69) is 38.7 Å². The van der Waals surface area contributed by atoms with Gasteiger partial charge in [0.2, 0.25) is 0 Å². The number of hydrogen-bond donors (Lipinski definition) is 2. The number of pyridine rings is 2. The van der Waals surface area contributed by atoms with Gasteiger partial charge in [-0.25, -0.2) is 38.3 Å². The standard InChI is InChI=1S/2C25H32FN5O2.C2H2O4/c2*1-2-33-18-17-31-24(28-22-5-3-11-27-25(22)31)19-30-15-13-29(14-16-30)12-4-6-23(32)20-7-9-21(26)10-8-20;3-1(4)2(5)6/h2*3,5,7-11H,2,4,6,12-19H2,1H3;(H,3,4)(H,5,6). The number of Topliss-reactive ketones (excluding diaryl/α,β-unsaturated/α-hetero) is 2. The molecule has 0 unspecified atom stereocenters. The molecule has 2 saturated heterocycles. The van der Waals surface area contributed by atoms with Crippen molar-refractivity contribution in [1.82, 2.24) is 48.7 Å². The lowest BCUT2D eigenvalue weighted by molar-refractivity contribution is -0.159. The molecule has 2 aromatic carbocycles. The molecule has 0 aliphatic carbocycles. The maximum Gasteiger partial charge on any atom is 0.414 e. The lowest BCUT2D eigenvalue weighted by Gasteiger charge is -2.34. The van der Waals surface area contributed by atoms with E-state index >= 15 is 0 Å². The van der Waals surface area contributed by atoms with Gasteiger partial charge in [0, 0.05) is 115 Å². The van der Waals surface area contributed by atoms with Crippen LogP contribution in [0.5, 0.6) is 0 Å². The van der Waals surface area contributed by atoms with Crippen molar-refractivity contribution in [3.63, 3.8) is 0 Å². The van der Waals surface area contributed by atoms with Gasteiger partial charge in [0.15, 0.2) is 22.9 Å². The minimum Gasteiger partial charge on any atom is -0.473 e. The van der Waals surface area contributed by atoms with Crippen LogP contribution in [0.25, 0.3) is 22.3 Å². The summed E-state index contributed by atoms with van der Waals surface area (Å²) in [5.41, 5.74) is 4.85. The first kappa shape index (κ1) is 54.9. The number of carboxylic acids is 2. The maximum atomic E-state index is 13.0. The van der Waals surface area contributed by atoms with E-state index in [0.29, 0.717) is 50.4 Å². The SMILES string of the molecule is CCOCCn1c(CN2CCN(CCCC(=O)c3ccc(F)cc3)CC2)nc2cccnc21.CCOCCn1c(CN2CCN(CCCC(=O)c3ccc(F)cc3)CC2)nc2cccnc21.O=C(O)C(=O)O. The number of benzene rings is 2. The Morgan fingerprint density at radius 2 is 0.889 bits per heavy atom. The maximum absolute atomic E-state index is 13.0. The summed E-state index contributed by atoms with van der Waals surface area (Å²) < 4.78 is 41.5. The first-order valence-electron chi connectivity index (χ1n) is 24.6. The van der Waals surface area contributed by atoms with Crippen LogP contribution in [-0.2, 0) is 45.2 Å². The number of carbonyl (C=O) groups is 4. The Morgan fingerprint density at radius 1 is 0.528 bits per heavy atom. The molecule has 8 rings (SSSR count). The number of halogens is 2. The third-order valence-electron chi connectivity index (χ3n) is 12.4. The normalized spacial score (nSPS) is 14.7. The molecule has 2 aliphatic heterocycles.